The SMILES string of the molecule is O=C(C=Cc1ccc2c(c1)OCO2)c1ccc(OC(F)F)cc1. The van der Waals surface area contributed by atoms with Gasteiger partial charge in [0.15, 0.2) is 17.3 Å². The number of ether oxygens (including phenoxy) is 3. The number of carbonyl (C=O) groups is 1. The average Bonchev–Trinajstić information content (AvgIpc) is 3.00. The Kier molecular flexibility index (Phi) is 4.23. The third-order valence-corrected chi connectivity index (χ3v) is 3.19. The van der Waals surface area contributed by atoms with Crippen molar-refractivity contribution in [2.75, 3.05) is 6.79 Å². The fourth-order valence-corrected chi connectivity index (χ4v) is 2.09. The van der Waals surface area contributed by atoms with Gasteiger partial charge in [-0.15, -0.1) is 0 Å². The second-order valence-corrected chi connectivity index (χ2v) is 4.71. The lowest BCUT2D eigenvalue weighted by atomic mass is 10.1. The predicted molar refractivity (Wildman–Crippen MR) is 79.0 cm³/mol. The third-order valence-electron chi connectivity index (χ3n) is 3.19. The molecule has 0 radical (unpaired) electrons. The van der Waals surface area contributed by atoms with E-state index in [0.29, 0.717) is 17.1 Å². The predicted octanol–water partition coefficient (Wildman–Crippen LogP) is 3.91. The Balaban J connectivity index is 1.68. The first-order valence-electron chi connectivity index (χ1n) is 6.79. The number of ketones is 1. The molecule has 0 N–H and O–H groups in total. The van der Waals surface area contributed by atoms with Crippen LogP contribution in [-0.4, -0.2) is 19.2 Å². The van der Waals surface area contributed by atoms with Crippen LogP contribution in [0, 0.1) is 0 Å². The molecule has 118 valence electrons. The molecule has 2 aromatic rings. The molecule has 23 heavy (non-hydrogen) atoms. The minimum Gasteiger partial charge on any atom is -0.454 e. The summed E-state index contributed by atoms with van der Waals surface area (Å²) in [5, 5.41) is 0. The van der Waals surface area contributed by atoms with Crippen molar-refractivity contribution in [2.45, 2.75) is 6.61 Å². The highest BCUT2D eigenvalue weighted by atomic mass is 19.3. The van der Waals surface area contributed by atoms with Crippen LogP contribution in [0.2, 0.25) is 0 Å². The topological polar surface area (TPSA) is 44.8 Å². The van der Waals surface area contributed by atoms with Crippen LogP contribution >= 0.6 is 0 Å². The third kappa shape index (κ3) is 3.66. The molecule has 0 unspecified atom stereocenters. The fourth-order valence-electron chi connectivity index (χ4n) is 2.09. The average molecular weight is 318 g/mol. The molecule has 0 fully saturated rings. The molecule has 0 atom stereocenters. The van der Waals surface area contributed by atoms with Gasteiger partial charge in [-0.05, 0) is 48.0 Å². The van der Waals surface area contributed by atoms with E-state index < -0.39 is 6.61 Å². The lowest BCUT2D eigenvalue weighted by Gasteiger charge is -2.04. The van der Waals surface area contributed by atoms with Crippen molar-refractivity contribution in [3.8, 4) is 17.2 Å². The van der Waals surface area contributed by atoms with Crippen LogP contribution in [0.4, 0.5) is 8.78 Å². The second-order valence-electron chi connectivity index (χ2n) is 4.71. The van der Waals surface area contributed by atoms with Gasteiger partial charge in [0.1, 0.15) is 5.75 Å². The summed E-state index contributed by atoms with van der Waals surface area (Å²) in [5.74, 6) is 1.07. The number of halogens is 2. The molecule has 4 nitrogen and oxygen atoms in total. The maximum absolute atomic E-state index is 12.1. The van der Waals surface area contributed by atoms with Gasteiger partial charge in [0.2, 0.25) is 6.79 Å². The van der Waals surface area contributed by atoms with E-state index in [1.807, 2.05) is 0 Å². The molecule has 1 heterocycles. The number of hydrogen-bond donors (Lipinski definition) is 0. The summed E-state index contributed by atoms with van der Waals surface area (Å²) >= 11 is 0. The van der Waals surface area contributed by atoms with Crippen LogP contribution < -0.4 is 14.2 Å². The molecular weight excluding hydrogens is 306 g/mol. The van der Waals surface area contributed by atoms with Crippen LogP contribution in [0.1, 0.15) is 15.9 Å². The first-order valence-corrected chi connectivity index (χ1v) is 6.79. The second kappa shape index (κ2) is 6.48. The van der Waals surface area contributed by atoms with E-state index in [1.54, 1.807) is 24.3 Å². The number of rotatable bonds is 5. The number of allylic oxidation sites excluding steroid dienone is 1. The summed E-state index contributed by atoms with van der Waals surface area (Å²) in [6.07, 6.45) is 3.05. The molecule has 0 aromatic heterocycles. The minimum atomic E-state index is -2.89. The van der Waals surface area contributed by atoms with Gasteiger partial charge in [-0.1, -0.05) is 12.1 Å². The quantitative estimate of drug-likeness (QED) is 0.619. The Bertz CT molecular complexity index is 739. The summed E-state index contributed by atoms with van der Waals surface area (Å²) in [7, 11) is 0. The number of fused-ring (bicyclic) bond motifs is 1. The Labute approximate surface area is 130 Å². The van der Waals surface area contributed by atoms with Gasteiger partial charge in [-0.2, -0.15) is 8.78 Å². The van der Waals surface area contributed by atoms with Gasteiger partial charge in [0.05, 0.1) is 0 Å². The highest BCUT2D eigenvalue weighted by molar-refractivity contribution is 6.06. The van der Waals surface area contributed by atoms with Gasteiger partial charge < -0.3 is 14.2 Å². The monoisotopic (exact) mass is 318 g/mol. The largest absolute Gasteiger partial charge is 0.454 e. The smallest absolute Gasteiger partial charge is 0.387 e. The first-order chi connectivity index (χ1) is 11.1. The zero-order valence-electron chi connectivity index (χ0n) is 11.9. The highest BCUT2D eigenvalue weighted by Crippen LogP contribution is 2.32. The Hall–Kier alpha value is -2.89. The van der Waals surface area contributed by atoms with Crippen molar-refractivity contribution < 1.29 is 27.8 Å². The molecule has 0 saturated heterocycles. The summed E-state index contributed by atoms with van der Waals surface area (Å²) in [4.78, 5) is 12.1. The van der Waals surface area contributed by atoms with E-state index in [4.69, 9.17) is 9.47 Å². The van der Waals surface area contributed by atoms with Gasteiger partial charge in [0, 0.05) is 5.56 Å². The number of alkyl halides is 2. The Morgan fingerprint density at radius 3 is 2.57 bits per heavy atom. The molecule has 6 heteroatoms. The molecule has 0 saturated carbocycles. The summed E-state index contributed by atoms with van der Waals surface area (Å²) in [6, 6.07) is 10.9. The standard InChI is InChI=1S/C17H12F2O4/c18-17(19)23-13-5-3-12(4-6-13)14(20)7-1-11-2-8-15-16(9-11)22-10-21-15/h1-9,17H,10H2. The number of hydrogen-bond acceptors (Lipinski definition) is 4. The molecule has 1 aliphatic rings. The molecule has 1 aliphatic heterocycles. The summed E-state index contributed by atoms with van der Waals surface area (Å²) in [6.45, 7) is -2.70. The zero-order chi connectivity index (χ0) is 16.2. The van der Waals surface area contributed by atoms with Crippen molar-refractivity contribution in [3.05, 3.63) is 59.7 Å². The van der Waals surface area contributed by atoms with Gasteiger partial charge in [0.25, 0.3) is 0 Å². The summed E-state index contributed by atoms with van der Waals surface area (Å²) < 4.78 is 38.8. The van der Waals surface area contributed by atoms with Crippen LogP contribution in [0.15, 0.2) is 48.5 Å². The van der Waals surface area contributed by atoms with E-state index in [1.165, 1.54) is 30.3 Å². The van der Waals surface area contributed by atoms with E-state index in [0.717, 1.165) is 5.56 Å². The molecule has 3 rings (SSSR count). The molecule has 0 amide bonds. The van der Waals surface area contributed by atoms with Gasteiger partial charge >= 0.3 is 6.61 Å². The first kappa shape index (κ1) is 15.0. The molecular formula is C17H12F2O4. The fraction of sp³-hybridized carbons (Fsp3) is 0.118. The van der Waals surface area contributed by atoms with E-state index in [2.05, 4.69) is 4.74 Å². The van der Waals surface area contributed by atoms with E-state index in [-0.39, 0.29) is 18.3 Å². The highest BCUT2D eigenvalue weighted by Gasteiger charge is 2.12. The Morgan fingerprint density at radius 2 is 1.83 bits per heavy atom. The van der Waals surface area contributed by atoms with Crippen LogP contribution in [0.3, 0.4) is 0 Å². The lowest BCUT2D eigenvalue weighted by Crippen LogP contribution is -2.02. The van der Waals surface area contributed by atoms with E-state index >= 15 is 0 Å². The van der Waals surface area contributed by atoms with Crippen LogP contribution in [0.5, 0.6) is 17.2 Å². The molecule has 0 aliphatic carbocycles. The Morgan fingerprint density at radius 1 is 1.09 bits per heavy atom. The maximum Gasteiger partial charge on any atom is 0.387 e. The van der Waals surface area contributed by atoms with Crippen molar-refractivity contribution in [1.29, 1.82) is 0 Å². The van der Waals surface area contributed by atoms with E-state index in [9.17, 15) is 13.6 Å². The minimum absolute atomic E-state index is 0.0105. The summed E-state index contributed by atoms with van der Waals surface area (Å²) in [5.41, 5.74) is 1.17. The zero-order valence-corrected chi connectivity index (χ0v) is 11.9. The van der Waals surface area contributed by atoms with Crippen molar-refractivity contribution >= 4 is 11.9 Å². The van der Waals surface area contributed by atoms with Gasteiger partial charge in [-0.3, -0.25) is 4.79 Å². The normalized spacial score (nSPS) is 12.8. The van der Waals surface area contributed by atoms with Crippen molar-refractivity contribution in [1.82, 2.24) is 0 Å². The van der Waals surface area contributed by atoms with Crippen molar-refractivity contribution in [3.63, 3.8) is 0 Å². The number of carbonyl (C=O) groups excluding carboxylic acids is 1. The van der Waals surface area contributed by atoms with Crippen LogP contribution in [-0.2, 0) is 0 Å². The lowest BCUT2D eigenvalue weighted by molar-refractivity contribution is -0.0498. The molecule has 0 bridgehead atoms. The number of benzene rings is 2. The van der Waals surface area contributed by atoms with Crippen molar-refractivity contribution in [2.24, 2.45) is 0 Å². The maximum atomic E-state index is 12.1. The molecule has 0 spiro atoms. The van der Waals surface area contributed by atoms with Crippen LogP contribution in [0.25, 0.3) is 6.08 Å². The van der Waals surface area contributed by atoms with Gasteiger partial charge in [-0.25, -0.2) is 0 Å². The molecule has 2 aromatic carbocycles.